The first kappa shape index (κ1) is 13.3. The molecule has 3 rings (SSSR count). The lowest BCUT2D eigenvalue weighted by molar-refractivity contribution is 0.408. The monoisotopic (exact) mass is 279 g/mol. The predicted molar refractivity (Wildman–Crippen MR) is 87.7 cm³/mol. The molecule has 0 aliphatic heterocycles. The molecule has 3 heteroatoms. The van der Waals surface area contributed by atoms with Gasteiger partial charge in [0.2, 0.25) is 0 Å². The van der Waals surface area contributed by atoms with Crippen molar-refractivity contribution >= 4 is 28.8 Å². The largest absolute Gasteiger partial charge is 0.492 e. The second kappa shape index (κ2) is 5.75. The molecule has 0 aliphatic rings. The highest BCUT2D eigenvalue weighted by atomic mass is 16.5. The maximum absolute atomic E-state index is 5.83. The van der Waals surface area contributed by atoms with E-state index in [1.54, 1.807) is 7.11 Å². The number of para-hydroxylation sites is 1. The topological polar surface area (TPSA) is 34.4 Å². The molecule has 3 aromatic rings. The molecule has 0 radical (unpaired) electrons. The van der Waals surface area contributed by atoms with Crippen LogP contribution in [0, 0.1) is 0 Å². The van der Waals surface area contributed by atoms with Gasteiger partial charge in [-0.15, -0.1) is 0 Å². The van der Waals surface area contributed by atoms with Crippen LogP contribution in [0.25, 0.3) is 23.1 Å². The van der Waals surface area contributed by atoms with Crippen molar-refractivity contribution in [3.63, 3.8) is 0 Å². The van der Waals surface area contributed by atoms with Crippen molar-refractivity contribution in [1.29, 1.82) is 0 Å². The molecule has 0 fully saturated rings. The highest BCUT2D eigenvalue weighted by molar-refractivity contribution is 5.89. The first-order valence-electron chi connectivity index (χ1n) is 6.83. The number of methoxy groups -OCH3 is 1. The molecule has 0 spiro atoms. The summed E-state index contributed by atoms with van der Waals surface area (Å²) in [6, 6.07) is 16.0. The molecule has 1 heterocycles. The van der Waals surface area contributed by atoms with E-state index in [0.29, 0.717) is 0 Å². The molecule has 0 saturated heterocycles. The Bertz CT molecular complexity index is 770. The van der Waals surface area contributed by atoms with Gasteiger partial charge in [-0.1, -0.05) is 30.3 Å². The molecule has 0 unspecified atom stereocenters. The summed E-state index contributed by atoms with van der Waals surface area (Å²) in [5.41, 5.74) is 3.03. The van der Waals surface area contributed by atoms with Crippen molar-refractivity contribution in [2.75, 3.05) is 19.5 Å². The minimum absolute atomic E-state index is 0.733. The summed E-state index contributed by atoms with van der Waals surface area (Å²) < 4.78 is 11.3. The van der Waals surface area contributed by atoms with E-state index in [1.165, 1.54) is 0 Å². The number of rotatable bonds is 4. The van der Waals surface area contributed by atoms with Crippen molar-refractivity contribution in [1.82, 2.24) is 0 Å². The quantitative estimate of drug-likeness (QED) is 0.754. The second-order valence-corrected chi connectivity index (χ2v) is 4.70. The number of hydrogen-bond donors (Lipinski definition) is 1. The van der Waals surface area contributed by atoms with Crippen LogP contribution in [0.15, 0.2) is 52.9 Å². The minimum Gasteiger partial charge on any atom is -0.492 e. The summed E-state index contributed by atoms with van der Waals surface area (Å²) in [7, 11) is 3.57. The minimum atomic E-state index is 0.733. The lowest BCUT2D eigenvalue weighted by Gasteiger charge is -2.00. The molecule has 3 nitrogen and oxygen atoms in total. The van der Waals surface area contributed by atoms with Crippen molar-refractivity contribution in [3.05, 3.63) is 59.9 Å². The molecule has 0 atom stereocenters. The van der Waals surface area contributed by atoms with Crippen LogP contribution in [-0.4, -0.2) is 14.2 Å². The molecule has 21 heavy (non-hydrogen) atoms. The maximum Gasteiger partial charge on any atom is 0.172 e. The molecule has 0 aliphatic carbocycles. The summed E-state index contributed by atoms with van der Waals surface area (Å²) in [4.78, 5) is 0. The van der Waals surface area contributed by atoms with Gasteiger partial charge in [0, 0.05) is 12.7 Å². The Kier molecular flexibility index (Phi) is 3.65. The number of anilines is 1. The molecule has 0 amide bonds. The molecule has 106 valence electrons. The van der Waals surface area contributed by atoms with Gasteiger partial charge in [-0.3, -0.25) is 0 Å². The molecular weight excluding hydrogens is 262 g/mol. The van der Waals surface area contributed by atoms with Gasteiger partial charge in [-0.25, -0.2) is 0 Å². The average molecular weight is 279 g/mol. The van der Waals surface area contributed by atoms with Gasteiger partial charge in [0.1, 0.15) is 5.58 Å². The van der Waals surface area contributed by atoms with E-state index in [-0.39, 0.29) is 0 Å². The number of nitrogens with one attached hydrogen (secondary N) is 1. The lowest BCUT2D eigenvalue weighted by Crippen LogP contribution is -1.86. The van der Waals surface area contributed by atoms with Gasteiger partial charge in [0.15, 0.2) is 11.5 Å². The number of hydrogen-bond acceptors (Lipinski definition) is 3. The van der Waals surface area contributed by atoms with E-state index in [0.717, 1.165) is 33.7 Å². The smallest absolute Gasteiger partial charge is 0.172 e. The van der Waals surface area contributed by atoms with Crippen molar-refractivity contribution < 1.29 is 9.15 Å². The van der Waals surface area contributed by atoms with E-state index in [2.05, 4.69) is 17.4 Å². The standard InChI is InChI=1S/C18H17NO2/c1-19-14-10-7-13(8-11-14)9-12-17-18(20-2)15-5-3-4-6-16(15)21-17/h3-12,19H,1-2H3. The summed E-state index contributed by atoms with van der Waals surface area (Å²) in [5, 5.41) is 4.09. The number of benzene rings is 2. The highest BCUT2D eigenvalue weighted by Gasteiger charge is 2.11. The normalized spacial score (nSPS) is 11.1. The van der Waals surface area contributed by atoms with Gasteiger partial charge in [-0.05, 0) is 35.9 Å². The summed E-state index contributed by atoms with van der Waals surface area (Å²) >= 11 is 0. The van der Waals surface area contributed by atoms with Crippen molar-refractivity contribution in [3.8, 4) is 5.75 Å². The van der Waals surface area contributed by atoms with Crippen molar-refractivity contribution in [2.45, 2.75) is 0 Å². The number of furan rings is 1. The van der Waals surface area contributed by atoms with Crippen LogP contribution in [0.2, 0.25) is 0 Å². The third kappa shape index (κ3) is 2.63. The Morgan fingerprint density at radius 1 is 1.00 bits per heavy atom. The zero-order valence-corrected chi connectivity index (χ0v) is 12.1. The lowest BCUT2D eigenvalue weighted by atomic mass is 10.1. The summed E-state index contributed by atoms with van der Waals surface area (Å²) in [6.07, 6.45) is 3.95. The fourth-order valence-electron chi connectivity index (χ4n) is 2.29. The zero-order valence-electron chi connectivity index (χ0n) is 12.1. The van der Waals surface area contributed by atoms with Crippen molar-refractivity contribution in [2.24, 2.45) is 0 Å². The molecule has 0 saturated carbocycles. The Morgan fingerprint density at radius 2 is 1.76 bits per heavy atom. The fourth-order valence-corrected chi connectivity index (χ4v) is 2.29. The number of ether oxygens (including phenoxy) is 1. The molecular formula is C18H17NO2. The van der Waals surface area contributed by atoms with Crippen LogP contribution in [0.5, 0.6) is 5.75 Å². The second-order valence-electron chi connectivity index (χ2n) is 4.70. The van der Waals surface area contributed by atoms with Crippen LogP contribution in [0.1, 0.15) is 11.3 Å². The van der Waals surface area contributed by atoms with Gasteiger partial charge < -0.3 is 14.5 Å². The van der Waals surface area contributed by atoms with Crippen LogP contribution in [0.4, 0.5) is 5.69 Å². The number of fused-ring (bicyclic) bond motifs is 1. The Morgan fingerprint density at radius 3 is 2.48 bits per heavy atom. The molecule has 1 aromatic heterocycles. The van der Waals surface area contributed by atoms with Crippen LogP contribution >= 0.6 is 0 Å². The van der Waals surface area contributed by atoms with E-state index in [1.807, 2.05) is 55.6 Å². The summed E-state index contributed by atoms with van der Waals surface area (Å²) in [6.45, 7) is 0. The van der Waals surface area contributed by atoms with Gasteiger partial charge in [0.05, 0.1) is 12.5 Å². The van der Waals surface area contributed by atoms with E-state index < -0.39 is 0 Å². The molecule has 2 aromatic carbocycles. The maximum atomic E-state index is 5.83. The van der Waals surface area contributed by atoms with E-state index >= 15 is 0 Å². The van der Waals surface area contributed by atoms with Crippen LogP contribution < -0.4 is 10.1 Å². The zero-order chi connectivity index (χ0) is 14.7. The Hall–Kier alpha value is -2.68. The SMILES string of the molecule is CNc1ccc(C=Cc2oc3ccccc3c2OC)cc1. The first-order valence-corrected chi connectivity index (χ1v) is 6.83. The summed E-state index contributed by atoms with van der Waals surface area (Å²) in [5.74, 6) is 1.50. The van der Waals surface area contributed by atoms with E-state index in [4.69, 9.17) is 9.15 Å². The average Bonchev–Trinajstić information content (AvgIpc) is 2.91. The fraction of sp³-hybridized carbons (Fsp3) is 0.111. The first-order chi connectivity index (χ1) is 10.3. The Balaban J connectivity index is 1.94. The third-order valence-electron chi connectivity index (χ3n) is 3.41. The Labute approximate surface area is 123 Å². The van der Waals surface area contributed by atoms with Gasteiger partial charge >= 0.3 is 0 Å². The predicted octanol–water partition coefficient (Wildman–Crippen LogP) is 4.65. The van der Waals surface area contributed by atoms with Gasteiger partial charge in [0.25, 0.3) is 0 Å². The highest BCUT2D eigenvalue weighted by Crippen LogP contribution is 2.33. The molecule has 0 bridgehead atoms. The van der Waals surface area contributed by atoms with E-state index in [9.17, 15) is 0 Å². The molecule has 1 N–H and O–H groups in total. The van der Waals surface area contributed by atoms with Gasteiger partial charge in [-0.2, -0.15) is 0 Å². The third-order valence-corrected chi connectivity index (χ3v) is 3.41. The van der Waals surface area contributed by atoms with Crippen LogP contribution in [0.3, 0.4) is 0 Å². The van der Waals surface area contributed by atoms with Crippen LogP contribution in [-0.2, 0) is 0 Å².